The van der Waals surface area contributed by atoms with Gasteiger partial charge in [0.15, 0.2) is 0 Å². The molecule has 0 aliphatic carbocycles. The van der Waals surface area contributed by atoms with Crippen molar-refractivity contribution in [2.24, 2.45) is 0 Å². The molecular formula is C30H60N4O. The fourth-order valence-electron chi connectivity index (χ4n) is 4.75. The molecule has 5 nitrogen and oxygen atoms in total. The number of carbonyl (C=O) groups excluding carboxylic acids is 1. The largest absolute Gasteiger partial charge is 0.356 e. The number of rotatable bonds is 15. The van der Waals surface area contributed by atoms with Gasteiger partial charge in [0.2, 0.25) is 5.91 Å². The third-order valence-corrected chi connectivity index (χ3v) is 7.00. The topological polar surface area (TPSA) is 65.2 Å². The van der Waals surface area contributed by atoms with Gasteiger partial charge in [-0.3, -0.25) is 4.79 Å². The number of carbonyl (C=O) groups is 1. The van der Waals surface area contributed by atoms with Crippen LogP contribution in [0.25, 0.3) is 0 Å². The van der Waals surface area contributed by atoms with Gasteiger partial charge >= 0.3 is 0 Å². The van der Waals surface area contributed by atoms with E-state index in [9.17, 15) is 4.79 Å². The molecule has 0 bridgehead atoms. The second kappa shape index (κ2) is 26.2. The van der Waals surface area contributed by atoms with Crippen molar-refractivity contribution in [1.82, 2.24) is 21.3 Å². The van der Waals surface area contributed by atoms with Gasteiger partial charge in [-0.2, -0.15) is 0 Å². The van der Waals surface area contributed by atoms with Gasteiger partial charge in [0.05, 0.1) is 0 Å². The molecule has 0 aromatic heterocycles. The second-order valence-electron chi connectivity index (χ2n) is 10.5. The molecular weight excluding hydrogens is 432 g/mol. The molecule has 0 radical (unpaired) electrons. The predicted octanol–water partition coefficient (Wildman–Crippen LogP) is 6.24. The number of unbranched alkanes of at least 4 members (excludes halogenated alkanes) is 11. The molecule has 0 aromatic carbocycles. The minimum atomic E-state index is 0.210. The molecule has 1 aliphatic heterocycles. The first-order valence-electron chi connectivity index (χ1n) is 15.4. The number of amides is 1. The zero-order valence-electron chi connectivity index (χ0n) is 23.3. The number of nitrogens with one attached hydrogen (secondary N) is 4. The molecule has 0 saturated carbocycles. The summed E-state index contributed by atoms with van der Waals surface area (Å²) in [6.07, 6.45) is 28.4. The van der Waals surface area contributed by atoms with Crippen molar-refractivity contribution in [3.63, 3.8) is 0 Å². The lowest BCUT2D eigenvalue weighted by Gasteiger charge is -2.19. The van der Waals surface area contributed by atoms with E-state index in [2.05, 4.69) is 40.3 Å². The molecule has 206 valence electrons. The van der Waals surface area contributed by atoms with E-state index >= 15 is 0 Å². The first-order chi connectivity index (χ1) is 17.3. The maximum absolute atomic E-state index is 12.4. The minimum Gasteiger partial charge on any atom is -0.356 e. The van der Waals surface area contributed by atoms with Crippen LogP contribution >= 0.6 is 0 Å². The summed E-state index contributed by atoms with van der Waals surface area (Å²) < 4.78 is 0. The second-order valence-corrected chi connectivity index (χ2v) is 10.5. The van der Waals surface area contributed by atoms with Crippen LogP contribution in [0.1, 0.15) is 129 Å². The average Bonchev–Trinajstić information content (AvgIpc) is 2.86. The molecule has 4 N–H and O–H groups in total. The Kier molecular flexibility index (Phi) is 24.0. The van der Waals surface area contributed by atoms with E-state index in [1.165, 1.54) is 96.3 Å². The highest BCUT2D eigenvalue weighted by atomic mass is 16.1. The highest BCUT2D eigenvalue weighted by Crippen LogP contribution is 2.13. The lowest BCUT2D eigenvalue weighted by molar-refractivity contribution is -0.121. The predicted molar refractivity (Wildman–Crippen MR) is 153 cm³/mol. The SMILES string of the molecule is CCC/C=C/CCCCCCCCCCCC[C@@H]1CC(=O)NCCCNCCCCNCCCN1. The molecule has 1 saturated heterocycles. The maximum Gasteiger partial charge on any atom is 0.221 e. The molecule has 1 fully saturated rings. The summed E-state index contributed by atoms with van der Waals surface area (Å²) >= 11 is 0. The molecule has 0 spiro atoms. The van der Waals surface area contributed by atoms with Gasteiger partial charge in [0.1, 0.15) is 0 Å². The molecule has 35 heavy (non-hydrogen) atoms. The fraction of sp³-hybridized carbons (Fsp3) is 0.900. The van der Waals surface area contributed by atoms with Crippen molar-refractivity contribution in [3.8, 4) is 0 Å². The summed E-state index contributed by atoms with van der Waals surface area (Å²) in [7, 11) is 0. The van der Waals surface area contributed by atoms with E-state index in [-0.39, 0.29) is 5.91 Å². The van der Waals surface area contributed by atoms with E-state index in [4.69, 9.17) is 0 Å². The van der Waals surface area contributed by atoms with Crippen LogP contribution < -0.4 is 21.3 Å². The van der Waals surface area contributed by atoms with Crippen LogP contribution in [-0.4, -0.2) is 51.2 Å². The summed E-state index contributed by atoms with van der Waals surface area (Å²) in [5, 5.41) is 13.8. The Balaban J connectivity index is 2.07. The van der Waals surface area contributed by atoms with Crippen LogP contribution in [-0.2, 0) is 4.79 Å². The first-order valence-corrected chi connectivity index (χ1v) is 15.4. The van der Waals surface area contributed by atoms with Gasteiger partial charge in [-0.25, -0.2) is 0 Å². The first kappa shape index (κ1) is 32.1. The summed E-state index contributed by atoms with van der Waals surface area (Å²) in [5.74, 6) is 0.210. The van der Waals surface area contributed by atoms with Crippen LogP contribution in [0.4, 0.5) is 0 Å². The van der Waals surface area contributed by atoms with Crippen LogP contribution in [0.3, 0.4) is 0 Å². The van der Waals surface area contributed by atoms with E-state index in [1.807, 2.05) is 0 Å². The Morgan fingerprint density at radius 2 is 1.20 bits per heavy atom. The lowest BCUT2D eigenvalue weighted by Crippen LogP contribution is -2.37. The number of hydrogen-bond donors (Lipinski definition) is 4. The van der Waals surface area contributed by atoms with Crippen LogP contribution in [0.5, 0.6) is 0 Å². The third kappa shape index (κ3) is 23.3. The zero-order valence-corrected chi connectivity index (χ0v) is 23.3. The van der Waals surface area contributed by atoms with Crippen molar-refractivity contribution >= 4 is 5.91 Å². The van der Waals surface area contributed by atoms with Crippen molar-refractivity contribution < 1.29 is 4.79 Å². The molecule has 1 amide bonds. The normalized spacial score (nSPS) is 20.0. The van der Waals surface area contributed by atoms with E-state index in [1.54, 1.807) is 0 Å². The average molecular weight is 493 g/mol. The smallest absolute Gasteiger partial charge is 0.221 e. The highest BCUT2D eigenvalue weighted by molar-refractivity contribution is 5.76. The van der Waals surface area contributed by atoms with E-state index in [0.717, 1.165) is 58.5 Å². The van der Waals surface area contributed by atoms with Gasteiger partial charge in [-0.15, -0.1) is 0 Å². The van der Waals surface area contributed by atoms with Crippen molar-refractivity contribution in [3.05, 3.63) is 12.2 Å². The Hall–Kier alpha value is -0.910. The summed E-state index contributed by atoms with van der Waals surface area (Å²) in [6, 6.07) is 0.320. The van der Waals surface area contributed by atoms with Gasteiger partial charge in [0.25, 0.3) is 0 Å². The monoisotopic (exact) mass is 492 g/mol. The summed E-state index contributed by atoms with van der Waals surface area (Å²) in [4.78, 5) is 12.4. The molecule has 0 aromatic rings. The third-order valence-electron chi connectivity index (χ3n) is 7.00. The summed E-state index contributed by atoms with van der Waals surface area (Å²) in [5.41, 5.74) is 0. The van der Waals surface area contributed by atoms with Crippen molar-refractivity contribution in [2.45, 2.75) is 135 Å². The van der Waals surface area contributed by atoms with Gasteiger partial charge in [-0.1, -0.05) is 83.3 Å². The summed E-state index contributed by atoms with van der Waals surface area (Å²) in [6.45, 7) is 8.28. The van der Waals surface area contributed by atoms with Crippen LogP contribution in [0.15, 0.2) is 12.2 Å². The van der Waals surface area contributed by atoms with Gasteiger partial charge in [0, 0.05) is 19.0 Å². The van der Waals surface area contributed by atoms with Gasteiger partial charge < -0.3 is 21.3 Å². The standard InChI is InChI=1S/C30H60N4O/c1-2-3-4-5-6-7-8-9-10-11-12-13-14-15-16-21-29-28-30(35)34-27-20-25-32-23-18-17-22-31-24-19-26-33-29/h4-5,29,31-33H,2-3,6-28H2,1H3,(H,34,35)/b5-4+/t29-/m1/s1. The molecule has 1 heterocycles. The Morgan fingerprint density at radius 3 is 1.86 bits per heavy atom. The van der Waals surface area contributed by atoms with E-state index < -0.39 is 0 Å². The molecule has 1 aliphatic rings. The van der Waals surface area contributed by atoms with Crippen LogP contribution in [0.2, 0.25) is 0 Å². The quantitative estimate of drug-likeness (QED) is 0.161. The van der Waals surface area contributed by atoms with Crippen molar-refractivity contribution in [1.29, 1.82) is 0 Å². The van der Waals surface area contributed by atoms with Gasteiger partial charge in [-0.05, 0) is 84.1 Å². The molecule has 0 unspecified atom stereocenters. The molecule has 1 atom stereocenters. The highest BCUT2D eigenvalue weighted by Gasteiger charge is 2.13. The number of allylic oxidation sites excluding steroid dienone is 2. The van der Waals surface area contributed by atoms with Crippen LogP contribution in [0, 0.1) is 0 Å². The van der Waals surface area contributed by atoms with Crippen molar-refractivity contribution in [2.75, 3.05) is 39.3 Å². The minimum absolute atomic E-state index is 0.210. The Labute approximate surface area is 218 Å². The zero-order chi connectivity index (χ0) is 25.1. The Morgan fingerprint density at radius 1 is 0.657 bits per heavy atom. The molecule has 1 rings (SSSR count). The molecule has 5 heteroatoms. The van der Waals surface area contributed by atoms with E-state index in [0.29, 0.717) is 12.5 Å². The lowest BCUT2D eigenvalue weighted by atomic mass is 10.0. The maximum atomic E-state index is 12.4. The Bertz CT molecular complexity index is 483. The fourth-order valence-corrected chi connectivity index (χ4v) is 4.75. The number of hydrogen-bond acceptors (Lipinski definition) is 4.